The predicted molar refractivity (Wildman–Crippen MR) is 182 cm³/mol. The van der Waals surface area contributed by atoms with Crippen molar-refractivity contribution >= 4 is 33.4 Å². The van der Waals surface area contributed by atoms with Gasteiger partial charge in [-0.2, -0.15) is 13.2 Å². The molecule has 0 radical (unpaired) electrons. The SMILES string of the molecule is CCC1(C(=O)N[C@@H](Cc2cccc3c(-c4ncc(CN5CCCCC5)c5ccccc45)cccc23)C(=O)O)CCN(CC(F)(F)F)CC1. The van der Waals surface area contributed by atoms with Crippen LogP contribution in [0.25, 0.3) is 32.8 Å². The highest BCUT2D eigenvalue weighted by atomic mass is 19.4. The van der Waals surface area contributed by atoms with Crippen molar-refractivity contribution in [2.24, 2.45) is 5.41 Å². The van der Waals surface area contributed by atoms with Crippen molar-refractivity contribution in [2.45, 2.75) is 70.6 Å². The van der Waals surface area contributed by atoms with Gasteiger partial charge in [-0.1, -0.05) is 74.0 Å². The van der Waals surface area contributed by atoms with E-state index >= 15 is 0 Å². The molecule has 2 aliphatic rings. The number of aromatic nitrogens is 1. The van der Waals surface area contributed by atoms with Gasteiger partial charge in [0.2, 0.25) is 5.91 Å². The van der Waals surface area contributed by atoms with Gasteiger partial charge in [-0.3, -0.25) is 19.6 Å². The third-order valence-electron chi connectivity index (χ3n) is 10.4. The summed E-state index contributed by atoms with van der Waals surface area (Å²) in [6, 6.07) is 18.9. The lowest BCUT2D eigenvalue weighted by atomic mass is 9.75. The Balaban J connectivity index is 1.26. The van der Waals surface area contributed by atoms with E-state index in [1.807, 2.05) is 55.6 Å². The van der Waals surface area contributed by atoms with Gasteiger partial charge in [-0.25, -0.2) is 4.79 Å². The summed E-state index contributed by atoms with van der Waals surface area (Å²) in [6.45, 7) is 4.14. The van der Waals surface area contributed by atoms with Crippen molar-refractivity contribution in [1.82, 2.24) is 20.1 Å². The predicted octanol–water partition coefficient (Wildman–Crippen LogP) is 7.21. The molecule has 1 atom stereocenters. The second kappa shape index (κ2) is 14.2. The molecule has 0 aliphatic carbocycles. The quantitative estimate of drug-likeness (QED) is 0.187. The van der Waals surface area contributed by atoms with Crippen molar-refractivity contribution in [2.75, 3.05) is 32.7 Å². The number of fused-ring (bicyclic) bond motifs is 2. The van der Waals surface area contributed by atoms with Crippen LogP contribution in [0.3, 0.4) is 0 Å². The molecule has 6 rings (SSSR count). The third-order valence-corrected chi connectivity index (χ3v) is 10.4. The first-order valence-electron chi connectivity index (χ1n) is 17.0. The van der Waals surface area contributed by atoms with E-state index in [1.54, 1.807) is 0 Å². The van der Waals surface area contributed by atoms with E-state index < -0.39 is 36.1 Å². The molecule has 7 nitrogen and oxygen atoms in total. The van der Waals surface area contributed by atoms with E-state index in [4.69, 9.17) is 4.98 Å². The van der Waals surface area contributed by atoms with Gasteiger partial charge in [0.1, 0.15) is 6.04 Å². The fraction of sp³-hybridized carbons (Fsp3) is 0.447. The molecular weight excluding hydrogens is 617 g/mol. The first kappa shape index (κ1) is 33.9. The topological polar surface area (TPSA) is 85.8 Å². The lowest BCUT2D eigenvalue weighted by Crippen LogP contribution is -2.53. The van der Waals surface area contributed by atoms with Gasteiger partial charge in [-0.15, -0.1) is 0 Å². The first-order valence-corrected chi connectivity index (χ1v) is 17.0. The van der Waals surface area contributed by atoms with Crippen LogP contribution in [0.2, 0.25) is 0 Å². The Bertz CT molecular complexity index is 1780. The lowest BCUT2D eigenvalue weighted by molar-refractivity contribution is -0.155. The molecule has 1 aromatic heterocycles. The number of rotatable bonds is 10. The molecule has 0 bridgehead atoms. The van der Waals surface area contributed by atoms with Crippen molar-refractivity contribution < 1.29 is 27.9 Å². The number of nitrogens with zero attached hydrogens (tertiary/aromatic N) is 3. The summed E-state index contributed by atoms with van der Waals surface area (Å²) >= 11 is 0. The molecule has 48 heavy (non-hydrogen) atoms. The first-order chi connectivity index (χ1) is 23.1. The standard InChI is InChI=1S/C38H43F3N4O3/c1-2-37(16-20-45(21-17-37)25-38(39,40)41)36(48)43-33(35(46)47)22-26-10-8-14-30-28(26)13-9-15-32(30)34-31-12-5-4-11-29(31)27(23-42-34)24-44-18-6-3-7-19-44/h4-5,8-15,23,33H,2-3,6-7,16-22,24-25H2,1H3,(H,43,48)(H,46,47)/t33-/m0/s1. The van der Waals surface area contributed by atoms with Gasteiger partial charge in [0, 0.05) is 30.1 Å². The number of hydrogen-bond acceptors (Lipinski definition) is 5. The van der Waals surface area contributed by atoms with Gasteiger partial charge in [-0.05, 0) is 85.6 Å². The summed E-state index contributed by atoms with van der Waals surface area (Å²) in [5.74, 6) is -1.57. The van der Waals surface area contributed by atoms with Gasteiger partial charge in [0.05, 0.1) is 17.7 Å². The van der Waals surface area contributed by atoms with Crippen molar-refractivity contribution in [3.8, 4) is 11.3 Å². The van der Waals surface area contributed by atoms with E-state index in [2.05, 4.69) is 28.4 Å². The van der Waals surface area contributed by atoms with E-state index in [0.29, 0.717) is 6.42 Å². The van der Waals surface area contributed by atoms with E-state index in [0.717, 1.165) is 52.6 Å². The highest BCUT2D eigenvalue weighted by Crippen LogP contribution is 2.38. The Morgan fingerprint density at radius 2 is 1.50 bits per heavy atom. The average Bonchev–Trinajstić information content (AvgIpc) is 3.08. The number of halogens is 3. The minimum Gasteiger partial charge on any atom is -0.480 e. The third kappa shape index (κ3) is 7.34. The maximum Gasteiger partial charge on any atom is 0.401 e. The molecule has 10 heteroatoms. The molecule has 0 unspecified atom stereocenters. The number of amides is 1. The Hall–Kier alpha value is -4.02. The fourth-order valence-electron chi connectivity index (χ4n) is 7.57. The number of likely N-dealkylation sites (tertiary alicyclic amines) is 2. The van der Waals surface area contributed by atoms with Crippen LogP contribution in [0.5, 0.6) is 0 Å². The van der Waals surface area contributed by atoms with Gasteiger partial charge < -0.3 is 10.4 Å². The number of carboxylic acid groups (broad SMARTS) is 1. The van der Waals surface area contributed by atoms with Crippen LogP contribution in [-0.4, -0.2) is 76.7 Å². The number of carbonyl (C=O) groups is 2. The van der Waals surface area contributed by atoms with E-state index in [9.17, 15) is 27.9 Å². The maximum absolute atomic E-state index is 13.6. The highest BCUT2D eigenvalue weighted by Gasteiger charge is 2.43. The molecule has 3 heterocycles. The van der Waals surface area contributed by atoms with Crippen LogP contribution in [0.4, 0.5) is 13.2 Å². The van der Waals surface area contributed by atoms with Crippen LogP contribution in [-0.2, 0) is 22.6 Å². The maximum atomic E-state index is 13.6. The zero-order chi connectivity index (χ0) is 33.9. The number of piperidine rings is 2. The summed E-state index contributed by atoms with van der Waals surface area (Å²) in [6.07, 6.45) is 2.37. The zero-order valence-electron chi connectivity index (χ0n) is 27.4. The number of carboxylic acids is 1. The highest BCUT2D eigenvalue weighted by molar-refractivity contribution is 6.05. The van der Waals surface area contributed by atoms with Crippen molar-refractivity contribution in [3.05, 3.63) is 78.0 Å². The minimum absolute atomic E-state index is 0.0603. The van der Waals surface area contributed by atoms with Crippen LogP contribution in [0, 0.1) is 5.41 Å². The van der Waals surface area contributed by atoms with Crippen LogP contribution in [0.15, 0.2) is 66.9 Å². The summed E-state index contributed by atoms with van der Waals surface area (Å²) in [5, 5.41) is 17.0. The largest absolute Gasteiger partial charge is 0.480 e. The Morgan fingerprint density at radius 1 is 0.854 bits per heavy atom. The monoisotopic (exact) mass is 660 g/mol. The minimum atomic E-state index is -4.30. The fourth-order valence-corrected chi connectivity index (χ4v) is 7.57. The second-order valence-corrected chi connectivity index (χ2v) is 13.4. The number of alkyl halides is 3. The van der Waals surface area contributed by atoms with E-state index in [1.165, 1.54) is 35.1 Å². The van der Waals surface area contributed by atoms with Crippen molar-refractivity contribution in [3.63, 3.8) is 0 Å². The van der Waals surface area contributed by atoms with Gasteiger partial charge in [0.25, 0.3) is 0 Å². The molecule has 0 saturated carbocycles. The zero-order valence-corrected chi connectivity index (χ0v) is 27.4. The number of pyridine rings is 1. The summed E-state index contributed by atoms with van der Waals surface area (Å²) < 4.78 is 38.8. The molecule has 2 aliphatic heterocycles. The smallest absolute Gasteiger partial charge is 0.401 e. The Morgan fingerprint density at radius 3 is 2.19 bits per heavy atom. The normalized spacial score (nSPS) is 18.2. The Kier molecular flexibility index (Phi) is 10.0. The molecule has 2 fully saturated rings. The molecule has 2 N–H and O–H groups in total. The molecule has 254 valence electrons. The Labute approximate surface area is 279 Å². The number of carbonyl (C=O) groups excluding carboxylic acids is 1. The van der Waals surface area contributed by atoms with Crippen LogP contribution < -0.4 is 5.32 Å². The number of nitrogens with one attached hydrogen (secondary N) is 1. The number of benzene rings is 3. The molecule has 1 amide bonds. The summed E-state index contributed by atoms with van der Waals surface area (Å²) in [7, 11) is 0. The molecular formula is C38H43F3N4O3. The molecule has 2 saturated heterocycles. The lowest BCUT2D eigenvalue weighted by Gasteiger charge is -2.40. The van der Waals surface area contributed by atoms with E-state index in [-0.39, 0.29) is 32.4 Å². The van der Waals surface area contributed by atoms with Crippen molar-refractivity contribution in [1.29, 1.82) is 0 Å². The van der Waals surface area contributed by atoms with Crippen LogP contribution in [0.1, 0.15) is 56.6 Å². The number of aliphatic carboxylic acids is 1. The second-order valence-electron chi connectivity index (χ2n) is 13.4. The number of hydrogen-bond donors (Lipinski definition) is 2. The summed E-state index contributed by atoms with van der Waals surface area (Å²) in [4.78, 5) is 34.9. The van der Waals surface area contributed by atoms with Gasteiger partial charge in [0.15, 0.2) is 0 Å². The van der Waals surface area contributed by atoms with Gasteiger partial charge >= 0.3 is 12.1 Å². The van der Waals surface area contributed by atoms with Crippen LogP contribution >= 0.6 is 0 Å². The summed E-state index contributed by atoms with van der Waals surface area (Å²) in [5.41, 5.74) is 2.88. The molecule has 4 aromatic rings. The average molecular weight is 661 g/mol. The molecule has 3 aromatic carbocycles. The molecule has 0 spiro atoms.